The normalized spacial score (nSPS) is 15.4. The van der Waals surface area contributed by atoms with Crippen LogP contribution in [0.3, 0.4) is 0 Å². The lowest BCUT2D eigenvalue weighted by Crippen LogP contribution is -2.38. The minimum Gasteiger partial charge on any atom is -0.335 e. The number of nitrogens with zero attached hydrogens (tertiary/aromatic N) is 1. The molecule has 0 aliphatic carbocycles. The number of benzene rings is 2. The van der Waals surface area contributed by atoms with Gasteiger partial charge in [0.2, 0.25) is 10.0 Å². The van der Waals surface area contributed by atoms with E-state index in [4.69, 9.17) is 0 Å². The van der Waals surface area contributed by atoms with Crippen molar-refractivity contribution in [3.05, 3.63) is 64.2 Å². The van der Waals surface area contributed by atoms with Crippen molar-refractivity contribution in [2.24, 2.45) is 0 Å². The van der Waals surface area contributed by atoms with Gasteiger partial charge in [0.1, 0.15) is 0 Å². The summed E-state index contributed by atoms with van der Waals surface area (Å²) in [5.41, 5.74) is 6.36. The summed E-state index contributed by atoms with van der Waals surface area (Å²) in [4.78, 5) is 12.5. The van der Waals surface area contributed by atoms with Crippen molar-refractivity contribution < 1.29 is 13.2 Å². The number of nitrogens with one attached hydrogen (secondary N) is 2. The third-order valence-corrected chi connectivity index (χ3v) is 6.60. The summed E-state index contributed by atoms with van der Waals surface area (Å²) in [7, 11) is -3.22. The Balaban J connectivity index is 1.64. The quantitative estimate of drug-likeness (QED) is 0.786. The fourth-order valence-electron chi connectivity index (χ4n) is 3.82. The van der Waals surface area contributed by atoms with Crippen LogP contribution >= 0.6 is 0 Å². The molecular weight excluding hydrogens is 386 g/mol. The molecule has 0 radical (unpaired) electrons. The lowest BCUT2D eigenvalue weighted by Gasteiger charge is -2.28. The number of anilines is 1. The van der Waals surface area contributed by atoms with Crippen LogP contribution < -0.4 is 10.6 Å². The Kier molecular flexibility index (Phi) is 6.29. The summed E-state index contributed by atoms with van der Waals surface area (Å²) < 4.78 is 25.1. The maximum atomic E-state index is 12.5. The fraction of sp³-hybridized carbons (Fsp3) is 0.409. The first kappa shape index (κ1) is 21.3. The van der Waals surface area contributed by atoms with Crippen molar-refractivity contribution in [3.8, 4) is 0 Å². The van der Waals surface area contributed by atoms with Crippen LogP contribution in [-0.2, 0) is 29.4 Å². The molecule has 1 aliphatic rings. The van der Waals surface area contributed by atoms with Gasteiger partial charge in [0.15, 0.2) is 0 Å². The van der Waals surface area contributed by atoms with Gasteiger partial charge >= 0.3 is 6.03 Å². The van der Waals surface area contributed by atoms with Crippen LogP contribution in [0.5, 0.6) is 0 Å². The van der Waals surface area contributed by atoms with Crippen LogP contribution in [0.1, 0.15) is 34.7 Å². The van der Waals surface area contributed by atoms with E-state index in [2.05, 4.69) is 42.7 Å². The van der Waals surface area contributed by atoms with E-state index in [-0.39, 0.29) is 12.1 Å². The van der Waals surface area contributed by atoms with Crippen molar-refractivity contribution in [3.63, 3.8) is 0 Å². The summed E-state index contributed by atoms with van der Waals surface area (Å²) >= 11 is 0. The highest BCUT2D eigenvalue weighted by atomic mass is 32.2. The number of fused-ring (bicyclic) bond motifs is 1. The van der Waals surface area contributed by atoms with Gasteiger partial charge < -0.3 is 10.6 Å². The number of hydrogen-bond acceptors (Lipinski definition) is 3. The number of rotatable bonds is 5. The van der Waals surface area contributed by atoms with Gasteiger partial charge in [0.05, 0.1) is 6.26 Å². The molecule has 0 spiro atoms. The summed E-state index contributed by atoms with van der Waals surface area (Å²) in [5, 5.41) is 5.95. The monoisotopic (exact) mass is 415 g/mol. The fourth-order valence-corrected chi connectivity index (χ4v) is 4.62. The van der Waals surface area contributed by atoms with Crippen LogP contribution in [0.2, 0.25) is 0 Å². The molecule has 0 saturated carbocycles. The average Bonchev–Trinajstić information content (AvgIpc) is 2.63. The van der Waals surface area contributed by atoms with Crippen molar-refractivity contribution in [1.29, 1.82) is 0 Å². The number of carbonyl (C=O) groups is 1. The van der Waals surface area contributed by atoms with Crippen LogP contribution in [0, 0.1) is 13.8 Å². The zero-order chi connectivity index (χ0) is 21.2. The molecule has 2 N–H and O–H groups in total. The molecule has 0 fully saturated rings. The number of amides is 2. The Bertz CT molecular complexity index is 1020. The summed E-state index contributed by atoms with van der Waals surface area (Å²) in [6.07, 6.45) is 2.57. The minimum absolute atomic E-state index is 0.0170. The van der Waals surface area contributed by atoms with Crippen LogP contribution in [0.4, 0.5) is 10.5 Å². The Labute approximate surface area is 173 Å². The maximum Gasteiger partial charge on any atom is 0.319 e. The predicted octanol–water partition coefficient (Wildman–Crippen LogP) is 3.37. The van der Waals surface area contributed by atoms with E-state index in [0.29, 0.717) is 19.5 Å². The van der Waals surface area contributed by atoms with Crippen LogP contribution in [0.15, 0.2) is 36.4 Å². The predicted molar refractivity (Wildman–Crippen MR) is 117 cm³/mol. The minimum atomic E-state index is -3.22. The molecule has 2 aromatic rings. The highest BCUT2D eigenvalue weighted by Gasteiger charge is 2.25. The van der Waals surface area contributed by atoms with E-state index in [9.17, 15) is 13.2 Å². The summed E-state index contributed by atoms with van der Waals surface area (Å²) in [6, 6.07) is 11.7. The second kappa shape index (κ2) is 8.55. The second-order valence-corrected chi connectivity index (χ2v) is 9.91. The topological polar surface area (TPSA) is 78.5 Å². The number of hydrogen-bond donors (Lipinski definition) is 2. The Morgan fingerprint density at radius 3 is 2.66 bits per heavy atom. The van der Waals surface area contributed by atoms with Crippen molar-refractivity contribution in [2.75, 3.05) is 18.1 Å². The first-order chi connectivity index (χ1) is 13.6. The van der Waals surface area contributed by atoms with Gasteiger partial charge in [-0.3, -0.25) is 0 Å². The second-order valence-electron chi connectivity index (χ2n) is 7.92. The number of sulfonamides is 1. The molecule has 0 saturated heterocycles. The van der Waals surface area contributed by atoms with Gasteiger partial charge in [-0.1, -0.05) is 35.9 Å². The highest BCUT2D eigenvalue weighted by Crippen LogP contribution is 2.27. The van der Waals surface area contributed by atoms with Gasteiger partial charge in [-0.2, -0.15) is 4.31 Å². The SMILES string of the molecule is Cc1ccc(CC(C)NC(=O)Nc2cccc3c2CCN(S(C)(=O)=O)C3)c(C)c1. The third-order valence-electron chi connectivity index (χ3n) is 5.35. The summed E-state index contributed by atoms with van der Waals surface area (Å²) in [6.45, 7) is 6.92. The van der Waals surface area contributed by atoms with E-state index in [1.54, 1.807) is 0 Å². The molecule has 0 aromatic heterocycles. The van der Waals surface area contributed by atoms with Crippen LogP contribution in [0.25, 0.3) is 0 Å². The zero-order valence-corrected chi connectivity index (χ0v) is 18.3. The number of urea groups is 1. The molecular formula is C22H29N3O3S. The molecule has 1 heterocycles. The van der Waals surface area contributed by atoms with E-state index in [1.165, 1.54) is 27.3 Å². The van der Waals surface area contributed by atoms with E-state index in [0.717, 1.165) is 23.2 Å². The lowest BCUT2D eigenvalue weighted by atomic mass is 9.99. The zero-order valence-electron chi connectivity index (χ0n) is 17.5. The highest BCUT2D eigenvalue weighted by molar-refractivity contribution is 7.88. The molecule has 29 heavy (non-hydrogen) atoms. The Morgan fingerprint density at radius 2 is 1.97 bits per heavy atom. The van der Waals surface area contributed by atoms with E-state index in [1.807, 2.05) is 25.1 Å². The van der Waals surface area contributed by atoms with Crippen molar-refractivity contribution in [1.82, 2.24) is 9.62 Å². The van der Waals surface area contributed by atoms with E-state index >= 15 is 0 Å². The number of carbonyl (C=O) groups excluding carboxylic acids is 1. The first-order valence-electron chi connectivity index (χ1n) is 9.83. The molecule has 1 atom stereocenters. The Morgan fingerprint density at radius 1 is 1.21 bits per heavy atom. The molecule has 1 aliphatic heterocycles. The van der Waals surface area contributed by atoms with Gasteiger partial charge in [-0.25, -0.2) is 13.2 Å². The van der Waals surface area contributed by atoms with Crippen molar-refractivity contribution in [2.45, 2.75) is 46.2 Å². The smallest absolute Gasteiger partial charge is 0.319 e. The van der Waals surface area contributed by atoms with Crippen molar-refractivity contribution >= 4 is 21.7 Å². The summed E-state index contributed by atoms with van der Waals surface area (Å²) in [5.74, 6) is 0. The molecule has 6 nitrogen and oxygen atoms in total. The van der Waals surface area contributed by atoms with Crippen LogP contribution in [-0.4, -0.2) is 37.6 Å². The molecule has 0 bridgehead atoms. The van der Waals surface area contributed by atoms with Gasteiger partial charge in [0, 0.05) is 24.8 Å². The van der Waals surface area contributed by atoms with Gasteiger partial charge in [0.25, 0.3) is 0 Å². The standard InChI is InChI=1S/C22H29N3O3S/c1-15-8-9-18(16(2)12-15)13-17(3)23-22(26)24-21-7-5-6-19-14-25(29(4,27)28)11-10-20(19)21/h5-9,12,17H,10-11,13-14H2,1-4H3,(H2,23,24,26). The molecule has 156 valence electrons. The largest absolute Gasteiger partial charge is 0.335 e. The van der Waals surface area contributed by atoms with Gasteiger partial charge in [-0.05, 0) is 61.9 Å². The molecule has 1 unspecified atom stereocenters. The third kappa shape index (κ3) is 5.36. The molecule has 2 amide bonds. The maximum absolute atomic E-state index is 12.5. The first-order valence-corrected chi connectivity index (χ1v) is 11.7. The molecule has 7 heteroatoms. The van der Waals surface area contributed by atoms with Gasteiger partial charge in [-0.15, -0.1) is 0 Å². The lowest BCUT2D eigenvalue weighted by molar-refractivity contribution is 0.249. The molecule has 2 aromatic carbocycles. The van der Waals surface area contributed by atoms with E-state index < -0.39 is 10.0 Å². The average molecular weight is 416 g/mol. The molecule has 3 rings (SSSR count). The number of aryl methyl sites for hydroxylation is 2. The Hall–Kier alpha value is -2.38.